The normalized spacial score (nSPS) is 10.5. The lowest BCUT2D eigenvalue weighted by Crippen LogP contribution is -2.01. The van der Waals surface area contributed by atoms with Crippen molar-refractivity contribution < 1.29 is 27.5 Å². The van der Waals surface area contributed by atoms with Gasteiger partial charge in [-0.3, -0.25) is 0 Å². The predicted octanol–water partition coefficient (Wildman–Crippen LogP) is 3.01. The lowest BCUT2D eigenvalue weighted by molar-refractivity contribution is 0.0660. The number of nitrogens with one attached hydrogen (secondary N) is 1. The van der Waals surface area contributed by atoms with E-state index in [4.69, 9.17) is 9.52 Å². The summed E-state index contributed by atoms with van der Waals surface area (Å²) in [6.45, 7) is 0.0117. The molecule has 1 aromatic carbocycles. The standard InChI is InChI=1S/C12H8F3NO3/c13-8-3-6(4-9(14)11(8)15)16-5-7-1-2-10(19-7)12(17)18/h1-4,16H,5H2,(H,17,18). The van der Waals surface area contributed by atoms with Crippen molar-refractivity contribution in [3.05, 3.63) is 53.2 Å². The number of benzene rings is 1. The fourth-order valence-electron chi connectivity index (χ4n) is 1.43. The summed E-state index contributed by atoms with van der Waals surface area (Å²) in [5.41, 5.74) is 0.0182. The van der Waals surface area contributed by atoms with Gasteiger partial charge in [0.05, 0.1) is 6.54 Å². The van der Waals surface area contributed by atoms with Gasteiger partial charge in [0.25, 0.3) is 0 Å². The van der Waals surface area contributed by atoms with Gasteiger partial charge < -0.3 is 14.8 Å². The van der Waals surface area contributed by atoms with E-state index < -0.39 is 23.4 Å². The molecular weight excluding hydrogens is 263 g/mol. The number of hydrogen-bond donors (Lipinski definition) is 2. The second-order valence-electron chi connectivity index (χ2n) is 3.68. The number of carboxylic acids is 1. The van der Waals surface area contributed by atoms with Crippen LogP contribution in [0.1, 0.15) is 16.3 Å². The van der Waals surface area contributed by atoms with Crippen LogP contribution in [0, 0.1) is 17.5 Å². The Morgan fingerprint density at radius 3 is 2.37 bits per heavy atom. The lowest BCUT2D eigenvalue weighted by Gasteiger charge is -2.05. The summed E-state index contributed by atoms with van der Waals surface area (Å²) >= 11 is 0. The Morgan fingerprint density at radius 1 is 1.21 bits per heavy atom. The van der Waals surface area contributed by atoms with Crippen LogP contribution in [0.3, 0.4) is 0 Å². The molecule has 0 aliphatic carbocycles. The second kappa shape index (κ2) is 5.05. The molecule has 0 atom stereocenters. The van der Waals surface area contributed by atoms with Gasteiger partial charge in [0.1, 0.15) is 5.76 Å². The third-order valence-electron chi connectivity index (χ3n) is 2.32. The quantitative estimate of drug-likeness (QED) is 0.839. The van der Waals surface area contributed by atoms with Crippen molar-refractivity contribution in [2.45, 2.75) is 6.54 Å². The van der Waals surface area contributed by atoms with Gasteiger partial charge in [0.2, 0.25) is 5.76 Å². The summed E-state index contributed by atoms with van der Waals surface area (Å²) in [5, 5.41) is 11.2. The van der Waals surface area contributed by atoms with Gasteiger partial charge in [0, 0.05) is 17.8 Å². The number of anilines is 1. The molecule has 1 heterocycles. The fourth-order valence-corrected chi connectivity index (χ4v) is 1.43. The minimum absolute atomic E-state index is 0.0117. The number of halogens is 3. The van der Waals surface area contributed by atoms with E-state index >= 15 is 0 Å². The van der Waals surface area contributed by atoms with Gasteiger partial charge in [0.15, 0.2) is 17.5 Å². The van der Waals surface area contributed by atoms with E-state index in [1.807, 2.05) is 0 Å². The van der Waals surface area contributed by atoms with Gasteiger partial charge in [-0.1, -0.05) is 0 Å². The van der Waals surface area contributed by atoms with E-state index in [9.17, 15) is 18.0 Å². The molecule has 0 radical (unpaired) electrons. The molecule has 100 valence electrons. The van der Waals surface area contributed by atoms with Crippen LogP contribution in [-0.4, -0.2) is 11.1 Å². The van der Waals surface area contributed by atoms with Crippen molar-refractivity contribution in [2.24, 2.45) is 0 Å². The van der Waals surface area contributed by atoms with Gasteiger partial charge in [-0.15, -0.1) is 0 Å². The molecule has 0 aliphatic heterocycles. The van der Waals surface area contributed by atoms with Gasteiger partial charge >= 0.3 is 5.97 Å². The van der Waals surface area contributed by atoms with Crippen LogP contribution in [-0.2, 0) is 6.54 Å². The Morgan fingerprint density at radius 2 is 1.84 bits per heavy atom. The van der Waals surface area contributed by atoms with Crippen LogP contribution in [0.15, 0.2) is 28.7 Å². The second-order valence-corrected chi connectivity index (χ2v) is 3.68. The topological polar surface area (TPSA) is 62.5 Å². The number of aromatic carboxylic acids is 1. The molecule has 0 saturated carbocycles. The Balaban J connectivity index is 2.08. The molecule has 0 unspecified atom stereocenters. The minimum Gasteiger partial charge on any atom is -0.475 e. The zero-order chi connectivity index (χ0) is 14.0. The summed E-state index contributed by atoms with van der Waals surface area (Å²) in [4.78, 5) is 10.6. The number of furan rings is 1. The average Bonchev–Trinajstić information content (AvgIpc) is 2.82. The first-order chi connectivity index (χ1) is 8.97. The third-order valence-corrected chi connectivity index (χ3v) is 2.32. The van der Waals surface area contributed by atoms with Crippen LogP contribution >= 0.6 is 0 Å². The Kier molecular flexibility index (Phi) is 3.46. The summed E-state index contributed by atoms with van der Waals surface area (Å²) < 4.78 is 43.5. The van der Waals surface area contributed by atoms with Crippen molar-refractivity contribution >= 4 is 11.7 Å². The highest BCUT2D eigenvalue weighted by molar-refractivity contribution is 5.84. The van der Waals surface area contributed by atoms with Crippen LogP contribution in [0.5, 0.6) is 0 Å². The van der Waals surface area contributed by atoms with Crippen molar-refractivity contribution in [2.75, 3.05) is 5.32 Å². The summed E-state index contributed by atoms with van der Waals surface area (Å²) in [6.07, 6.45) is 0. The first-order valence-corrected chi connectivity index (χ1v) is 5.18. The monoisotopic (exact) mass is 271 g/mol. The highest BCUT2D eigenvalue weighted by atomic mass is 19.2. The molecule has 0 amide bonds. The summed E-state index contributed by atoms with van der Waals surface area (Å²) in [6, 6.07) is 4.25. The maximum absolute atomic E-state index is 12.9. The molecule has 0 spiro atoms. The molecule has 4 nitrogen and oxygen atoms in total. The number of carbonyl (C=O) groups is 1. The maximum Gasteiger partial charge on any atom is 0.371 e. The molecule has 1 aromatic heterocycles. The molecular formula is C12H8F3NO3. The van der Waals surface area contributed by atoms with Crippen LogP contribution in [0.2, 0.25) is 0 Å². The molecule has 2 aromatic rings. The van der Waals surface area contributed by atoms with Crippen molar-refractivity contribution in [1.82, 2.24) is 0 Å². The Hall–Kier alpha value is -2.44. The largest absolute Gasteiger partial charge is 0.475 e. The number of hydrogen-bond acceptors (Lipinski definition) is 3. The maximum atomic E-state index is 12.9. The highest BCUT2D eigenvalue weighted by Gasteiger charge is 2.12. The van der Waals surface area contributed by atoms with Gasteiger partial charge in [-0.25, -0.2) is 18.0 Å². The molecule has 19 heavy (non-hydrogen) atoms. The Labute approximate surface area is 105 Å². The molecule has 0 fully saturated rings. The van der Waals surface area contributed by atoms with Crippen molar-refractivity contribution in [3.8, 4) is 0 Å². The van der Waals surface area contributed by atoms with E-state index in [0.29, 0.717) is 0 Å². The SMILES string of the molecule is O=C(O)c1ccc(CNc2cc(F)c(F)c(F)c2)o1. The first-order valence-electron chi connectivity index (χ1n) is 5.18. The molecule has 0 saturated heterocycles. The summed E-state index contributed by atoms with van der Waals surface area (Å²) in [7, 11) is 0. The lowest BCUT2D eigenvalue weighted by atomic mass is 10.3. The molecule has 0 bridgehead atoms. The zero-order valence-corrected chi connectivity index (χ0v) is 9.41. The van der Waals surface area contributed by atoms with Crippen molar-refractivity contribution in [3.63, 3.8) is 0 Å². The van der Waals surface area contributed by atoms with E-state index in [2.05, 4.69) is 5.32 Å². The third kappa shape index (κ3) is 2.87. The molecule has 0 aliphatic rings. The van der Waals surface area contributed by atoms with Gasteiger partial charge in [-0.2, -0.15) is 0 Å². The first kappa shape index (κ1) is 13.0. The fraction of sp³-hybridized carbons (Fsp3) is 0.0833. The zero-order valence-electron chi connectivity index (χ0n) is 9.41. The Bertz CT molecular complexity index is 601. The van der Waals surface area contributed by atoms with E-state index in [1.54, 1.807) is 0 Å². The predicted molar refractivity (Wildman–Crippen MR) is 59.3 cm³/mol. The summed E-state index contributed by atoms with van der Waals surface area (Å²) in [5.74, 6) is -5.36. The van der Waals surface area contributed by atoms with E-state index in [1.165, 1.54) is 12.1 Å². The number of rotatable bonds is 4. The van der Waals surface area contributed by atoms with Crippen LogP contribution in [0.25, 0.3) is 0 Å². The molecule has 2 N–H and O–H groups in total. The minimum atomic E-state index is -1.54. The van der Waals surface area contributed by atoms with Crippen LogP contribution < -0.4 is 5.32 Å². The van der Waals surface area contributed by atoms with E-state index in [-0.39, 0.29) is 23.8 Å². The van der Waals surface area contributed by atoms with Crippen LogP contribution in [0.4, 0.5) is 18.9 Å². The molecule has 2 rings (SSSR count). The average molecular weight is 271 g/mol. The highest BCUT2D eigenvalue weighted by Crippen LogP contribution is 2.18. The van der Waals surface area contributed by atoms with Gasteiger partial charge in [-0.05, 0) is 12.1 Å². The molecule has 7 heteroatoms. The number of carboxylic acid groups (broad SMARTS) is 1. The smallest absolute Gasteiger partial charge is 0.371 e. The van der Waals surface area contributed by atoms with E-state index in [0.717, 1.165) is 12.1 Å². The van der Waals surface area contributed by atoms with Crippen molar-refractivity contribution in [1.29, 1.82) is 0 Å².